The molecule has 2 N–H and O–H groups in total. The van der Waals surface area contributed by atoms with E-state index < -0.39 is 12.2 Å². The minimum atomic E-state index is -4.50. The van der Waals surface area contributed by atoms with Crippen LogP contribution in [-0.4, -0.2) is 12.3 Å². The predicted molar refractivity (Wildman–Crippen MR) is 72.7 cm³/mol. The van der Waals surface area contributed by atoms with Crippen molar-refractivity contribution in [3.05, 3.63) is 42.0 Å². The van der Waals surface area contributed by atoms with E-state index in [-0.39, 0.29) is 17.4 Å². The van der Waals surface area contributed by atoms with Gasteiger partial charge in [-0.05, 0) is 19.2 Å². The fourth-order valence-corrected chi connectivity index (χ4v) is 2.05. The molecule has 2 aromatic carbocycles. The summed E-state index contributed by atoms with van der Waals surface area (Å²) >= 11 is 0. The van der Waals surface area contributed by atoms with E-state index in [1.165, 1.54) is 6.07 Å². The maximum atomic E-state index is 12.9. The number of nitrogens with two attached hydrogens (primary N) is 1. The lowest BCUT2D eigenvalue weighted by Crippen LogP contribution is -2.29. The summed E-state index contributed by atoms with van der Waals surface area (Å²) in [6.07, 6.45) is -4.74. The summed E-state index contributed by atoms with van der Waals surface area (Å²) in [4.78, 5) is 0. The van der Waals surface area contributed by atoms with E-state index in [4.69, 9.17) is 10.5 Å². The van der Waals surface area contributed by atoms with Crippen LogP contribution in [0.3, 0.4) is 0 Å². The lowest BCUT2D eigenvalue weighted by Gasteiger charge is -2.22. The summed E-state index contributed by atoms with van der Waals surface area (Å²) in [5, 5.41) is 1.46. The number of benzene rings is 2. The highest BCUT2D eigenvalue weighted by Gasteiger charge is 2.39. The third-order valence-corrected chi connectivity index (χ3v) is 2.95. The molecule has 2 nitrogen and oxygen atoms in total. The van der Waals surface area contributed by atoms with Gasteiger partial charge in [0.05, 0.1) is 6.10 Å². The van der Waals surface area contributed by atoms with Crippen molar-refractivity contribution in [3.63, 3.8) is 0 Å². The molecule has 0 radical (unpaired) electrons. The van der Waals surface area contributed by atoms with Crippen LogP contribution >= 0.6 is 0 Å². The number of halogens is 3. The second-order valence-electron chi connectivity index (χ2n) is 4.89. The van der Waals surface area contributed by atoms with Gasteiger partial charge in [-0.3, -0.25) is 0 Å². The van der Waals surface area contributed by atoms with Crippen LogP contribution in [0.1, 0.15) is 25.5 Å². The first kappa shape index (κ1) is 14.7. The SMILES string of the molecule is CC(C)Oc1c([C@H](N)C(F)(F)F)ccc2ccccc12. The Morgan fingerprint density at radius 2 is 1.70 bits per heavy atom. The van der Waals surface area contributed by atoms with Gasteiger partial charge in [-0.25, -0.2) is 0 Å². The van der Waals surface area contributed by atoms with Gasteiger partial charge in [0.25, 0.3) is 0 Å². The summed E-state index contributed by atoms with van der Waals surface area (Å²) in [5.74, 6) is 0.211. The van der Waals surface area contributed by atoms with E-state index in [1.54, 1.807) is 32.0 Å². The number of rotatable bonds is 3. The third-order valence-electron chi connectivity index (χ3n) is 2.95. The van der Waals surface area contributed by atoms with Crippen molar-refractivity contribution in [2.24, 2.45) is 5.73 Å². The van der Waals surface area contributed by atoms with Crippen molar-refractivity contribution in [2.75, 3.05) is 0 Å². The van der Waals surface area contributed by atoms with E-state index >= 15 is 0 Å². The Morgan fingerprint density at radius 1 is 1.05 bits per heavy atom. The molecule has 0 aliphatic carbocycles. The van der Waals surface area contributed by atoms with Crippen molar-refractivity contribution >= 4 is 10.8 Å². The quantitative estimate of drug-likeness (QED) is 0.916. The molecule has 1 atom stereocenters. The van der Waals surface area contributed by atoms with Crippen LogP contribution in [0.4, 0.5) is 13.2 Å². The molecule has 5 heteroatoms. The lowest BCUT2D eigenvalue weighted by molar-refractivity contribution is -0.149. The van der Waals surface area contributed by atoms with Gasteiger partial charge >= 0.3 is 6.18 Å². The summed E-state index contributed by atoms with van der Waals surface area (Å²) in [6.45, 7) is 3.54. The summed E-state index contributed by atoms with van der Waals surface area (Å²) < 4.78 is 44.2. The second-order valence-corrected chi connectivity index (χ2v) is 4.89. The van der Waals surface area contributed by atoms with Crippen LogP contribution in [0.15, 0.2) is 36.4 Å². The van der Waals surface area contributed by atoms with Gasteiger partial charge in [0.1, 0.15) is 11.8 Å². The third kappa shape index (κ3) is 2.88. The largest absolute Gasteiger partial charge is 0.490 e. The van der Waals surface area contributed by atoms with E-state index in [1.807, 2.05) is 12.1 Å². The van der Waals surface area contributed by atoms with Gasteiger partial charge in [0.15, 0.2) is 0 Å². The minimum Gasteiger partial charge on any atom is -0.490 e. The molecular formula is C15H16F3NO. The van der Waals surface area contributed by atoms with Crippen molar-refractivity contribution in [1.82, 2.24) is 0 Å². The fourth-order valence-electron chi connectivity index (χ4n) is 2.05. The highest BCUT2D eigenvalue weighted by molar-refractivity contribution is 5.89. The monoisotopic (exact) mass is 283 g/mol. The van der Waals surface area contributed by atoms with Gasteiger partial charge in [-0.2, -0.15) is 13.2 Å². The van der Waals surface area contributed by atoms with Gasteiger partial charge in [0, 0.05) is 10.9 Å². The smallest absolute Gasteiger partial charge is 0.407 e. The van der Waals surface area contributed by atoms with Gasteiger partial charge in [-0.1, -0.05) is 36.4 Å². The molecule has 0 saturated heterocycles. The molecule has 0 amide bonds. The molecule has 0 heterocycles. The molecular weight excluding hydrogens is 267 g/mol. The molecule has 20 heavy (non-hydrogen) atoms. The second kappa shape index (κ2) is 5.32. The van der Waals surface area contributed by atoms with Crippen LogP contribution in [0.25, 0.3) is 10.8 Å². The van der Waals surface area contributed by atoms with Crippen LogP contribution in [-0.2, 0) is 0 Å². The molecule has 0 spiro atoms. The number of ether oxygens (including phenoxy) is 1. The maximum absolute atomic E-state index is 12.9. The van der Waals surface area contributed by atoms with Gasteiger partial charge < -0.3 is 10.5 Å². The predicted octanol–water partition coefficient (Wildman–Crippen LogP) is 4.19. The molecule has 2 aromatic rings. The topological polar surface area (TPSA) is 35.2 Å². The average molecular weight is 283 g/mol. The van der Waals surface area contributed by atoms with Crippen molar-refractivity contribution in [2.45, 2.75) is 32.2 Å². The zero-order valence-electron chi connectivity index (χ0n) is 11.2. The summed E-state index contributed by atoms with van der Waals surface area (Å²) in [6, 6.07) is 8.11. The molecule has 0 bridgehead atoms. The van der Waals surface area contributed by atoms with E-state index in [2.05, 4.69) is 0 Å². The Balaban J connectivity index is 2.64. The molecule has 108 valence electrons. The number of hydrogen-bond donors (Lipinski definition) is 1. The standard InChI is InChI=1S/C15H16F3NO/c1-9(2)20-13-11-6-4-3-5-10(11)7-8-12(13)14(19)15(16,17)18/h3-9,14H,19H2,1-2H3/t14-/m0/s1. The van der Waals surface area contributed by atoms with Gasteiger partial charge in [0.2, 0.25) is 0 Å². The van der Waals surface area contributed by atoms with E-state index in [0.717, 1.165) is 5.39 Å². The van der Waals surface area contributed by atoms with Crippen molar-refractivity contribution < 1.29 is 17.9 Å². The van der Waals surface area contributed by atoms with Crippen molar-refractivity contribution in [1.29, 1.82) is 0 Å². The maximum Gasteiger partial charge on any atom is 0.407 e. The summed E-state index contributed by atoms with van der Waals surface area (Å²) in [7, 11) is 0. The molecule has 0 aromatic heterocycles. The van der Waals surface area contributed by atoms with Crippen LogP contribution in [0.5, 0.6) is 5.75 Å². The van der Waals surface area contributed by atoms with Crippen LogP contribution < -0.4 is 10.5 Å². The molecule has 0 fully saturated rings. The summed E-state index contributed by atoms with van der Waals surface area (Å²) in [5.41, 5.74) is 5.30. The number of hydrogen-bond acceptors (Lipinski definition) is 2. The first-order chi connectivity index (χ1) is 9.30. The molecule has 0 unspecified atom stereocenters. The Labute approximate surface area is 115 Å². The van der Waals surface area contributed by atoms with E-state index in [0.29, 0.717) is 5.39 Å². The first-order valence-corrected chi connectivity index (χ1v) is 6.31. The molecule has 0 aliphatic heterocycles. The molecule has 2 rings (SSSR count). The molecule has 0 saturated carbocycles. The lowest BCUT2D eigenvalue weighted by atomic mass is 10.00. The Bertz CT molecular complexity index is 608. The Hall–Kier alpha value is -1.75. The van der Waals surface area contributed by atoms with Crippen LogP contribution in [0.2, 0.25) is 0 Å². The highest BCUT2D eigenvalue weighted by Crippen LogP contribution is 2.39. The Kier molecular flexibility index (Phi) is 3.90. The average Bonchev–Trinajstić information content (AvgIpc) is 2.37. The zero-order valence-corrected chi connectivity index (χ0v) is 11.2. The Morgan fingerprint density at radius 3 is 2.30 bits per heavy atom. The minimum absolute atomic E-state index is 0.0371. The zero-order chi connectivity index (χ0) is 14.9. The van der Waals surface area contributed by atoms with E-state index in [9.17, 15) is 13.2 Å². The molecule has 0 aliphatic rings. The normalized spacial score (nSPS) is 13.8. The van der Waals surface area contributed by atoms with Gasteiger partial charge in [-0.15, -0.1) is 0 Å². The number of alkyl halides is 3. The highest BCUT2D eigenvalue weighted by atomic mass is 19.4. The van der Waals surface area contributed by atoms with Crippen LogP contribution in [0, 0.1) is 0 Å². The fraction of sp³-hybridized carbons (Fsp3) is 0.333. The first-order valence-electron chi connectivity index (χ1n) is 6.31. The van der Waals surface area contributed by atoms with Crippen molar-refractivity contribution in [3.8, 4) is 5.75 Å². The number of fused-ring (bicyclic) bond motifs is 1.